The first-order valence-electron chi connectivity index (χ1n) is 5.50. The van der Waals surface area contributed by atoms with Crippen molar-refractivity contribution in [3.63, 3.8) is 0 Å². The molecule has 0 bridgehead atoms. The number of aromatic nitrogens is 2. The highest BCUT2D eigenvalue weighted by atomic mass is 35.5. The van der Waals surface area contributed by atoms with Crippen molar-refractivity contribution in [2.24, 2.45) is 0 Å². The molecule has 1 aliphatic heterocycles. The largest absolute Gasteiger partial charge is 0.381 e. The van der Waals surface area contributed by atoms with Gasteiger partial charge < -0.3 is 4.74 Å². The molecule has 88 valence electrons. The third-order valence-electron chi connectivity index (χ3n) is 2.92. The maximum Gasteiger partial charge on any atom is 0.222 e. The minimum Gasteiger partial charge on any atom is -0.381 e. The molecule has 0 radical (unpaired) electrons. The Balaban J connectivity index is 1.90. The molecule has 1 aromatic heterocycles. The molecule has 16 heavy (non-hydrogen) atoms. The van der Waals surface area contributed by atoms with Crippen molar-refractivity contribution in [3.05, 3.63) is 23.2 Å². The molecule has 1 saturated heterocycles. The molecule has 2 rings (SSSR count). The normalized spacial score (nSPS) is 17.9. The highest BCUT2D eigenvalue weighted by Crippen LogP contribution is 2.15. The van der Waals surface area contributed by atoms with Crippen LogP contribution in [0.25, 0.3) is 0 Å². The van der Waals surface area contributed by atoms with Crippen LogP contribution >= 0.6 is 11.6 Å². The lowest BCUT2D eigenvalue weighted by atomic mass is 10.1. The molecule has 0 aliphatic carbocycles. The van der Waals surface area contributed by atoms with Gasteiger partial charge in [0.1, 0.15) is 0 Å². The zero-order valence-corrected chi connectivity index (χ0v) is 10.2. The van der Waals surface area contributed by atoms with E-state index < -0.39 is 0 Å². The van der Waals surface area contributed by atoms with Gasteiger partial charge in [0.2, 0.25) is 5.28 Å². The summed E-state index contributed by atoms with van der Waals surface area (Å²) in [6.07, 6.45) is 5.77. The van der Waals surface area contributed by atoms with E-state index in [1.165, 1.54) is 0 Å². The second kappa shape index (κ2) is 5.57. The molecule has 0 atom stereocenters. The number of halogens is 1. The lowest BCUT2D eigenvalue weighted by Crippen LogP contribution is -2.36. The average Bonchev–Trinajstić information content (AvgIpc) is 2.33. The summed E-state index contributed by atoms with van der Waals surface area (Å²) in [5.41, 5.74) is 1.10. The molecule has 0 spiro atoms. The van der Waals surface area contributed by atoms with Crippen molar-refractivity contribution < 1.29 is 4.74 Å². The molecule has 0 saturated carbocycles. The molecule has 2 heterocycles. The summed E-state index contributed by atoms with van der Waals surface area (Å²) in [5, 5.41) is 0.303. The number of hydrogen-bond acceptors (Lipinski definition) is 4. The quantitative estimate of drug-likeness (QED) is 0.756. The number of hydrogen-bond donors (Lipinski definition) is 0. The summed E-state index contributed by atoms with van der Waals surface area (Å²) >= 11 is 5.64. The van der Waals surface area contributed by atoms with Gasteiger partial charge in [0.05, 0.1) is 0 Å². The minimum absolute atomic E-state index is 0.303. The summed E-state index contributed by atoms with van der Waals surface area (Å²) in [4.78, 5) is 10.3. The predicted molar refractivity (Wildman–Crippen MR) is 62.4 cm³/mol. The van der Waals surface area contributed by atoms with Crippen molar-refractivity contribution in [2.75, 3.05) is 20.3 Å². The van der Waals surface area contributed by atoms with Crippen LogP contribution in [0.3, 0.4) is 0 Å². The van der Waals surface area contributed by atoms with Crippen LogP contribution in [-0.2, 0) is 11.3 Å². The van der Waals surface area contributed by atoms with Crippen LogP contribution in [0.1, 0.15) is 18.4 Å². The van der Waals surface area contributed by atoms with E-state index in [9.17, 15) is 0 Å². The SMILES string of the molecule is CN(Cc1cnc(Cl)nc1)C1CCOCC1. The van der Waals surface area contributed by atoms with E-state index in [1.807, 2.05) is 0 Å². The van der Waals surface area contributed by atoms with E-state index in [0.29, 0.717) is 11.3 Å². The predicted octanol–water partition coefficient (Wildman–Crippen LogP) is 1.74. The number of rotatable bonds is 3. The van der Waals surface area contributed by atoms with Crippen molar-refractivity contribution in [2.45, 2.75) is 25.4 Å². The van der Waals surface area contributed by atoms with Gasteiger partial charge >= 0.3 is 0 Å². The van der Waals surface area contributed by atoms with Crippen molar-refractivity contribution in [1.82, 2.24) is 14.9 Å². The zero-order valence-electron chi connectivity index (χ0n) is 9.40. The molecular weight excluding hydrogens is 226 g/mol. The molecular formula is C11H16ClN3O. The summed E-state index contributed by atoms with van der Waals surface area (Å²) in [6.45, 7) is 2.60. The van der Waals surface area contributed by atoms with Gasteiger partial charge in [-0.2, -0.15) is 0 Å². The Morgan fingerprint density at radius 2 is 2.00 bits per heavy atom. The summed E-state index contributed by atoms with van der Waals surface area (Å²) in [6, 6.07) is 0.601. The number of ether oxygens (including phenoxy) is 1. The Hall–Kier alpha value is -0.710. The van der Waals surface area contributed by atoms with Crippen LogP contribution in [0.5, 0.6) is 0 Å². The second-order valence-electron chi connectivity index (χ2n) is 4.12. The molecule has 1 aromatic rings. The average molecular weight is 242 g/mol. The monoisotopic (exact) mass is 241 g/mol. The zero-order chi connectivity index (χ0) is 11.4. The Bertz CT molecular complexity index is 325. The van der Waals surface area contributed by atoms with E-state index in [2.05, 4.69) is 21.9 Å². The van der Waals surface area contributed by atoms with Crippen molar-refractivity contribution >= 4 is 11.6 Å². The first-order chi connectivity index (χ1) is 7.75. The lowest BCUT2D eigenvalue weighted by molar-refractivity contribution is 0.0406. The van der Waals surface area contributed by atoms with E-state index in [0.717, 1.165) is 38.2 Å². The van der Waals surface area contributed by atoms with Crippen LogP contribution < -0.4 is 0 Å². The van der Waals surface area contributed by atoms with E-state index in [1.54, 1.807) is 12.4 Å². The summed E-state index contributed by atoms with van der Waals surface area (Å²) in [5.74, 6) is 0. The smallest absolute Gasteiger partial charge is 0.222 e. The van der Waals surface area contributed by atoms with Gasteiger partial charge in [-0.25, -0.2) is 9.97 Å². The van der Waals surface area contributed by atoms with Gasteiger partial charge in [0.15, 0.2) is 0 Å². The van der Waals surface area contributed by atoms with Crippen LogP contribution in [0.4, 0.5) is 0 Å². The standard InChI is InChI=1S/C11H16ClN3O/c1-15(10-2-4-16-5-3-10)8-9-6-13-11(12)14-7-9/h6-7,10H,2-5,8H2,1H3. The highest BCUT2D eigenvalue weighted by Gasteiger charge is 2.18. The maximum absolute atomic E-state index is 5.64. The first-order valence-corrected chi connectivity index (χ1v) is 5.88. The lowest BCUT2D eigenvalue weighted by Gasteiger charge is -2.30. The molecule has 4 nitrogen and oxygen atoms in total. The molecule has 1 fully saturated rings. The van der Waals surface area contributed by atoms with Crippen LogP contribution in [0.15, 0.2) is 12.4 Å². The summed E-state index contributed by atoms with van der Waals surface area (Å²) in [7, 11) is 2.13. The van der Waals surface area contributed by atoms with Crippen LogP contribution in [0, 0.1) is 0 Å². The highest BCUT2D eigenvalue weighted by molar-refractivity contribution is 6.28. The number of nitrogens with zero attached hydrogens (tertiary/aromatic N) is 3. The topological polar surface area (TPSA) is 38.2 Å². The molecule has 1 aliphatic rings. The third-order valence-corrected chi connectivity index (χ3v) is 3.12. The first kappa shape index (κ1) is 11.8. The van der Waals surface area contributed by atoms with E-state index >= 15 is 0 Å². The fraction of sp³-hybridized carbons (Fsp3) is 0.636. The Labute approximate surface area is 101 Å². The summed E-state index contributed by atoms with van der Waals surface area (Å²) < 4.78 is 5.35. The molecule has 0 amide bonds. The van der Waals surface area contributed by atoms with E-state index in [-0.39, 0.29) is 0 Å². The van der Waals surface area contributed by atoms with E-state index in [4.69, 9.17) is 16.3 Å². The second-order valence-corrected chi connectivity index (χ2v) is 4.46. The Morgan fingerprint density at radius 1 is 1.38 bits per heavy atom. The van der Waals surface area contributed by atoms with Gasteiger partial charge in [-0.15, -0.1) is 0 Å². The van der Waals surface area contributed by atoms with Gasteiger partial charge in [-0.3, -0.25) is 4.90 Å². The Kier molecular flexibility index (Phi) is 4.09. The van der Waals surface area contributed by atoms with Gasteiger partial charge in [-0.1, -0.05) is 0 Å². The maximum atomic E-state index is 5.64. The van der Waals surface area contributed by atoms with Crippen LogP contribution in [0.2, 0.25) is 5.28 Å². The van der Waals surface area contributed by atoms with Crippen molar-refractivity contribution in [3.8, 4) is 0 Å². The van der Waals surface area contributed by atoms with Crippen LogP contribution in [-0.4, -0.2) is 41.2 Å². The molecule has 5 heteroatoms. The Morgan fingerprint density at radius 3 is 2.62 bits per heavy atom. The minimum atomic E-state index is 0.303. The third kappa shape index (κ3) is 3.14. The van der Waals surface area contributed by atoms with Gasteiger partial charge in [0.25, 0.3) is 0 Å². The van der Waals surface area contributed by atoms with Crippen molar-refractivity contribution in [1.29, 1.82) is 0 Å². The molecule has 0 aromatic carbocycles. The molecule has 0 N–H and O–H groups in total. The fourth-order valence-electron chi connectivity index (χ4n) is 1.96. The van der Waals surface area contributed by atoms with Gasteiger partial charge in [-0.05, 0) is 31.5 Å². The molecule has 0 unspecified atom stereocenters. The van der Waals surface area contributed by atoms with Gasteiger partial charge in [0, 0.05) is 43.8 Å². The fourth-order valence-corrected chi connectivity index (χ4v) is 2.06.